The Morgan fingerprint density at radius 3 is 2.68 bits per heavy atom. The molecule has 5 rings (SSSR count). The third kappa shape index (κ3) is 5.87. The van der Waals surface area contributed by atoms with Crippen molar-refractivity contribution >= 4 is 11.8 Å². The van der Waals surface area contributed by atoms with E-state index in [0.717, 1.165) is 61.0 Å². The molecule has 1 aromatic heterocycles. The van der Waals surface area contributed by atoms with Gasteiger partial charge in [0.25, 0.3) is 11.8 Å². The van der Waals surface area contributed by atoms with Gasteiger partial charge in [0.1, 0.15) is 5.75 Å². The highest BCUT2D eigenvalue weighted by molar-refractivity contribution is 5.95. The number of carbonyl (C=O) groups excluding carboxylic acids is 2. The van der Waals surface area contributed by atoms with Crippen molar-refractivity contribution in [3.8, 4) is 5.75 Å². The van der Waals surface area contributed by atoms with Crippen molar-refractivity contribution in [3.05, 3.63) is 83.9 Å². The first-order valence-electron chi connectivity index (χ1n) is 13.4. The van der Waals surface area contributed by atoms with Crippen molar-refractivity contribution in [3.63, 3.8) is 0 Å². The number of rotatable bonds is 3. The lowest BCUT2D eigenvalue weighted by Gasteiger charge is -2.42. The number of aromatic nitrogens is 2. The molecule has 1 fully saturated rings. The van der Waals surface area contributed by atoms with Crippen LogP contribution in [0.2, 0.25) is 0 Å². The molecule has 0 saturated carbocycles. The number of carbonyl (C=O) groups is 2. The molecule has 1 spiro atoms. The van der Waals surface area contributed by atoms with Crippen molar-refractivity contribution in [1.29, 1.82) is 0 Å². The molecular weight excluding hydrogens is 464 g/mol. The van der Waals surface area contributed by atoms with Crippen LogP contribution >= 0.6 is 0 Å². The predicted octanol–water partition coefficient (Wildman–Crippen LogP) is 4.46. The number of amides is 2. The summed E-state index contributed by atoms with van der Waals surface area (Å²) in [4.78, 5) is 32.5. The van der Waals surface area contributed by atoms with E-state index in [9.17, 15) is 9.59 Å². The number of hydrogen-bond acceptors (Lipinski definition) is 4. The quantitative estimate of drug-likeness (QED) is 0.576. The second kappa shape index (κ2) is 11.2. The van der Waals surface area contributed by atoms with Crippen LogP contribution in [0, 0.1) is 5.41 Å². The second-order valence-electron chi connectivity index (χ2n) is 10.5. The molecule has 0 radical (unpaired) electrons. The Hall–Kier alpha value is -3.61. The first-order chi connectivity index (χ1) is 18.0. The van der Waals surface area contributed by atoms with Crippen LogP contribution in [0.1, 0.15) is 60.5 Å². The smallest absolute Gasteiger partial charge is 0.260 e. The van der Waals surface area contributed by atoms with Crippen LogP contribution < -0.4 is 10.1 Å². The third-order valence-electron chi connectivity index (χ3n) is 7.96. The summed E-state index contributed by atoms with van der Waals surface area (Å²) in [7, 11) is 0. The average molecular weight is 501 g/mol. The molecule has 3 aromatic rings. The summed E-state index contributed by atoms with van der Waals surface area (Å²) in [6.07, 6.45) is 10.8. The zero-order chi connectivity index (χ0) is 25.7. The molecule has 0 bridgehead atoms. The zero-order valence-electron chi connectivity index (χ0n) is 21.6. The lowest BCUT2D eigenvalue weighted by Crippen LogP contribution is -2.49. The number of para-hydroxylation sites is 1. The lowest BCUT2D eigenvalue weighted by molar-refractivity contribution is -0.128. The summed E-state index contributed by atoms with van der Waals surface area (Å²) in [5.74, 6) is 0.809. The van der Waals surface area contributed by atoms with Gasteiger partial charge < -0.3 is 19.5 Å². The van der Waals surface area contributed by atoms with Crippen molar-refractivity contribution in [2.75, 3.05) is 19.6 Å². The molecule has 7 nitrogen and oxygen atoms in total. The van der Waals surface area contributed by atoms with Gasteiger partial charge in [0, 0.05) is 44.1 Å². The standard InChI is InChI=1S/C30H36N4O3/c1-23-28(35)32-21-30(13-7-6-9-24-8-3-5-12-27(24)37-23)14-17-34(18-15-30)29(36)26-11-4-2-10-25(26)20-33-19-16-31-22-33/h2-5,8,10-12,16,19,22-23H,6-7,9,13-15,17-18,20-21H2,1H3,(H,32,35)/t23-/m1/s1. The number of imidazole rings is 1. The SMILES string of the molecule is C[C@H]1Oc2ccccc2CCCCC2(CCN(C(=O)c3ccccc3Cn3ccnc3)CC2)CNC1=O. The van der Waals surface area contributed by atoms with Crippen LogP contribution in [0.25, 0.3) is 0 Å². The monoisotopic (exact) mass is 500 g/mol. The molecule has 3 heterocycles. The number of hydrogen-bond donors (Lipinski definition) is 1. The average Bonchev–Trinajstić information content (AvgIpc) is 3.43. The highest BCUT2D eigenvalue weighted by Crippen LogP contribution is 2.37. The minimum Gasteiger partial charge on any atom is -0.481 e. The van der Waals surface area contributed by atoms with Crippen LogP contribution in [0.15, 0.2) is 67.3 Å². The molecule has 0 aliphatic carbocycles. The minimum atomic E-state index is -0.550. The van der Waals surface area contributed by atoms with Gasteiger partial charge >= 0.3 is 0 Å². The number of aryl methyl sites for hydroxylation is 1. The van der Waals surface area contributed by atoms with E-state index in [-0.39, 0.29) is 17.2 Å². The summed E-state index contributed by atoms with van der Waals surface area (Å²) in [5, 5.41) is 3.18. The molecule has 2 aliphatic rings. The maximum Gasteiger partial charge on any atom is 0.260 e. The van der Waals surface area contributed by atoms with E-state index in [4.69, 9.17) is 4.74 Å². The Bertz CT molecular complexity index is 1220. The van der Waals surface area contributed by atoms with Gasteiger partial charge in [-0.1, -0.05) is 42.8 Å². The molecule has 0 unspecified atom stereocenters. The van der Waals surface area contributed by atoms with E-state index in [2.05, 4.69) is 16.4 Å². The summed E-state index contributed by atoms with van der Waals surface area (Å²) in [6.45, 7) is 4.45. The molecule has 2 aliphatic heterocycles. The Morgan fingerprint density at radius 1 is 1.08 bits per heavy atom. The summed E-state index contributed by atoms with van der Waals surface area (Å²) < 4.78 is 8.01. The highest BCUT2D eigenvalue weighted by atomic mass is 16.5. The van der Waals surface area contributed by atoms with E-state index in [1.54, 1.807) is 12.5 Å². The normalized spacial score (nSPS) is 20.2. The fourth-order valence-electron chi connectivity index (χ4n) is 5.62. The molecular formula is C30H36N4O3. The lowest BCUT2D eigenvalue weighted by atomic mass is 9.74. The van der Waals surface area contributed by atoms with Gasteiger partial charge in [-0.15, -0.1) is 0 Å². The summed E-state index contributed by atoms with van der Waals surface area (Å²) >= 11 is 0. The maximum atomic E-state index is 13.6. The van der Waals surface area contributed by atoms with Crippen molar-refractivity contribution in [2.45, 2.75) is 58.1 Å². The second-order valence-corrected chi connectivity index (χ2v) is 10.5. The molecule has 2 aromatic carbocycles. The first kappa shape index (κ1) is 25.1. The minimum absolute atomic E-state index is 0.00119. The van der Waals surface area contributed by atoms with Gasteiger partial charge in [0.2, 0.25) is 0 Å². The number of likely N-dealkylation sites (tertiary alicyclic amines) is 1. The number of piperidine rings is 1. The Kier molecular flexibility index (Phi) is 7.58. The number of nitrogens with one attached hydrogen (secondary N) is 1. The first-order valence-corrected chi connectivity index (χ1v) is 13.4. The van der Waals surface area contributed by atoms with Gasteiger partial charge in [0.15, 0.2) is 6.10 Å². The van der Waals surface area contributed by atoms with Gasteiger partial charge in [-0.05, 0) is 67.7 Å². The zero-order valence-corrected chi connectivity index (χ0v) is 21.6. The highest BCUT2D eigenvalue weighted by Gasteiger charge is 2.37. The van der Waals surface area contributed by atoms with E-state index in [0.29, 0.717) is 26.2 Å². The molecule has 2 amide bonds. The van der Waals surface area contributed by atoms with E-state index in [1.165, 1.54) is 0 Å². The predicted molar refractivity (Wildman–Crippen MR) is 142 cm³/mol. The Morgan fingerprint density at radius 2 is 1.86 bits per heavy atom. The van der Waals surface area contributed by atoms with Gasteiger partial charge in [-0.25, -0.2) is 4.98 Å². The number of fused-ring (bicyclic) bond motifs is 1. The van der Waals surface area contributed by atoms with Crippen LogP contribution in [-0.2, 0) is 17.8 Å². The Labute approximate surface area is 218 Å². The van der Waals surface area contributed by atoms with Crippen LogP contribution in [0.4, 0.5) is 0 Å². The summed E-state index contributed by atoms with van der Waals surface area (Å²) in [5.41, 5.74) is 2.91. The van der Waals surface area contributed by atoms with Gasteiger partial charge in [-0.2, -0.15) is 0 Å². The molecule has 1 N–H and O–H groups in total. The van der Waals surface area contributed by atoms with Crippen molar-refractivity contribution < 1.29 is 14.3 Å². The van der Waals surface area contributed by atoms with Crippen LogP contribution in [-0.4, -0.2) is 52.0 Å². The third-order valence-corrected chi connectivity index (χ3v) is 7.96. The van der Waals surface area contributed by atoms with Crippen LogP contribution in [0.3, 0.4) is 0 Å². The topological polar surface area (TPSA) is 76.5 Å². The van der Waals surface area contributed by atoms with Crippen molar-refractivity contribution in [2.24, 2.45) is 5.41 Å². The van der Waals surface area contributed by atoms with E-state index >= 15 is 0 Å². The van der Waals surface area contributed by atoms with Gasteiger partial charge in [-0.3, -0.25) is 9.59 Å². The van der Waals surface area contributed by atoms with Crippen molar-refractivity contribution in [1.82, 2.24) is 19.8 Å². The number of benzene rings is 2. The summed E-state index contributed by atoms with van der Waals surface area (Å²) in [6, 6.07) is 15.9. The van der Waals surface area contributed by atoms with E-state index in [1.807, 2.05) is 65.1 Å². The molecule has 37 heavy (non-hydrogen) atoms. The molecule has 194 valence electrons. The van der Waals surface area contributed by atoms with Gasteiger partial charge in [0.05, 0.1) is 6.33 Å². The fraction of sp³-hybridized carbons (Fsp3) is 0.433. The number of ether oxygens (including phenoxy) is 1. The van der Waals surface area contributed by atoms with E-state index < -0.39 is 6.10 Å². The van der Waals surface area contributed by atoms with Crippen LogP contribution in [0.5, 0.6) is 5.75 Å². The Balaban J connectivity index is 1.26. The number of nitrogens with zero attached hydrogens (tertiary/aromatic N) is 3. The fourth-order valence-corrected chi connectivity index (χ4v) is 5.62. The molecule has 1 saturated heterocycles. The molecule has 7 heteroatoms. The molecule has 1 atom stereocenters. The maximum absolute atomic E-state index is 13.6. The largest absolute Gasteiger partial charge is 0.481 e.